The van der Waals surface area contributed by atoms with Crippen molar-refractivity contribution < 1.29 is 9.59 Å². The van der Waals surface area contributed by atoms with E-state index in [-0.39, 0.29) is 11.8 Å². The van der Waals surface area contributed by atoms with E-state index in [0.717, 1.165) is 63.7 Å². The highest BCUT2D eigenvalue weighted by Gasteiger charge is 2.33. The minimum absolute atomic E-state index is 0.143. The Kier molecular flexibility index (Phi) is 6.30. The topological polar surface area (TPSA) is 43.9 Å². The molecule has 0 aromatic heterocycles. The summed E-state index contributed by atoms with van der Waals surface area (Å²) in [6.45, 7) is 6.36. The first-order chi connectivity index (χ1) is 13.7. The molecule has 4 rings (SSSR count). The molecule has 28 heavy (non-hydrogen) atoms. The van der Waals surface area contributed by atoms with Gasteiger partial charge < -0.3 is 14.7 Å². The molecule has 5 nitrogen and oxygen atoms in total. The Morgan fingerprint density at radius 3 is 2.43 bits per heavy atom. The Hall–Kier alpha value is -1.88. The van der Waals surface area contributed by atoms with Gasteiger partial charge in [-0.05, 0) is 56.0 Å². The molecule has 3 fully saturated rings. The number of amides is 2. The van der Waals surface area contributed by atoms with Gasteiger partial charge in [-0.25, -0.2) is 0 Å². The minimum atomic E-state index is 0.143. The molecule has 0 aliphatic carbocycles. The number of hydrogen-bond acceptors (Lipinski definition) is 3. The molecule has 1 aromatic rings. The standard InChI is InChI=1S/C23H33N3O2/c27-22-7-4-12-26(22)18-23(28)25-15-10-20(11-16-25)21-9-14-24(17-21)13-8-19-5-2-1-3-6-19/h1-3,5-6,20-21H,4,7-18H2. The largest absolute Gasteiger partial charge is 0.341 e. The van der Waals surface area contributed by atoms with Crippen LogP contribution in [-0.2, 0) is 16.0 Å². The van der Waals surface area contributed by atoms with E-state index in [1.807, 2.05) is 4.90 Å². The van der Waals surface area contributed by atoms with Gasteiger partial charge in [0.25, 0.3) is 0 Å². The number of benzene rings is 1. The molecule has 1 unspecified atom stereocenters. The maximum absolute atomic E-state index is 12.5. The fourth-order valence-electron chi connectivity index (χ4n) is 5.14. The summed E-state index contributed by atoms with van der Waals surface area (Å²) in [5.41, 5.74) is 1.43. The molecule has 0 saturated carbocycles. The van der Waals surface area contributed by atoms with Crippen LogP contribution in [0.3, 0.4) is 0 Å². The molecular weight excluding hydrogens is 350 g/mol. The van der Waals surface area contributed by atoms with Gasteiger partial charge in [0.15, 0.2) is 0 Å². The third kappa shape index (κ3) is 4.75. The van der Waals surface area contributed by atoms with Gasteiger partial charge in [0.1, 0.15) is 0 Å². The number of carbonyl (C=O) groups is 2. The zero-order chi connectivity index (χ0) is 19.3. The molecule has 5 heteroatoms. The lowest BCUT2D eigenvalue weighted by molar-refractivity contribution is -0.139. The van der Waals surface area contributed by atoms with Gasteiger partial charge in [0.2, 0.25) is 11.8 Å². The number of likely N-dealkylation sites (tertiary alicyclic amines) is 3. The summed E-state index contributed by atoms with van der Waals surface area (Å²) in [4.78, 5) is 30.6. The van der Waals surface area contributed by atoms with Crippen molar-refractivity contribution in [2.75, 3.05) is 45.8 Å². The maximum Gasteiger partial charge on any atom is 0.242 e. The molecule has 152 valence electrons. The Morgan fingerprint density at radius 2 is 1.71 bits per heavy atom. The van der Waals surface area contributed by atoms with E-state index in [9.17, 15) is 9.59 Å². The van der Waals surface area contributed by atoms with Crippen LogP contribution in [0, 0.1) is 11.8 Å². The predicted octanol–water partition coefficient (Wildman–Crippen LogP) is 2.41. The van der Waals surface area contributed by atoms with Gasteiger partial charge in [-0.3, -0.25) is 9.59 Å². The first kappa shape index (κ1) is 19.4. The lowest BCUT2D eigenvalue weighted by Crippen LogP contribution is -2.45. The van der Waals surface area contributed by atoms with Crippen LogP contribution in [0.5, 0.6) is 0 Å². The highest BCUT2D eigenvalue weighted by molar-refractivity contribution is 5.85. The molecule has 0 bridgehead atoms. The van der Waals surface area contributed by atoms with E-state index < -0.39 is 0 Å². The first-order valence-electron chi connectivity index (χ1n) is 11.0. The number of rotatable bonds is 6. The van der Waals surface area contributed by atoms with Crippen LogP contribution >= 0.6 is 0 Å². The third-order valence-electron chi connectivity index (χ3n) is 6.92. The van der Waals surface area contributed by atoms with Crippen LogP contribution in [0.4, 0.5) is 0 Å². The quantitative estimate of drug-likeness (QED) is 0.758. The average Bonchev–Trinajstić information content (AvgIpc) is 3.37. The number of hydrogen-bond donors (Lipinski definition) is 0. The second-order valence-corrected chi connectivity index (χ2v) is 8.72. The normalized spacial score (nSPS) is 24.3. The zero-order valence-electron chi connectivity index (χ0n) is 16.9. The molecule has 3 aliphatic heterocycles. The van der Waals surface area contributed by atoms with Crippen LogP contribution in [0.2, 0.25) is 0 Å². The van der Waals surface area contributed by atoms with Crippen molar-refractivity contribution in [3.63, 3.8) is 0 Å². The number of piperidine rings is 1. The summed E-state index contributed by atoms with van der Waals surface area (Å²) in [5, 5.41) is 0. The summed E-state index contributed by atoms with van der Waals surface area (Å²) in [6, 6.07) is 10.8. The Morgan fingerprint density at radius 1 is 0.964 bits per heavy atom. The molecule has 0 N–H and O–H groups in total. The van der Waals surface area contributed by atoms with Crippen molar-refractivity contribution in [3.8, 4) is 0 Å². The summed E-state index contributed by atoms with van der Waals surface area (Å²) >= 11 is 0. The summed E-state index contributed by atoms with van der Waals surface area (Å²) < 4.78 is 0. The van der Waals surface area contributed by atoms with Gasteiger partial charge in [0, 0.05) is 39.1 Å². The molecule has 3 aliphatic rings. The summed E-state index contributed by atoms with van der Waals surface area (Å²) in [7, 11) is 0. The van der Waals surface area contributed by atoms with Gasteiger partial charge in [-0.15, -0.1) is 0 Å². The fourth-order valence-corrected chi connectivity index (χ4v) is 5.14. The molecule has 2 amide bonds. The van der Waals surface area contributed by atoms with Crippen molar-refractivity contribution >= 4 is 11.8 Å². The molecule has 1 atom stereocenters. The number of nitrogens with zero attached hydrogens (tertiary/aromatic N) is 3. The van der Waals surface area contributed by atoms with Gasteiger partial charge in [0.05, 0.1) is 6.54 Å². The second kappa shape index (κ2) is 9.08. The van der Waals surface area contributed by atoms with Gasteiger partial charge in [-0.1, -0.05) is 30.3 Å². The van der Waals surface area contributed by atoms with Gasteiger partial charge >= 0.3 is 0 Å². The lowest BCUT2D eigenvalue weighted by Gasteiger charge is -2.35. The van der Waals surface area contributed by atoms with E-state index in [1.54, 1.807) is 4.90 Å². The number of carbonyl (C=O) groups excluding carboxylic acids is 2. The third-order valence-corrected chi connectivity index (χ3v) is 6.92. The van der Waals surface area contributed by atoms with Gasteiger partial charge in [-0.2, -0.15) is 0 Å². The van der Waals surface area contributed by atoms with Crippen LogP contribution in [0.1, 0.15) is 37.7 Å². The SMILES string of the molecule is O=C(CN1CCCC1=O)N1CCC(C2CCN(CCc3ccccc3)C2)CC1. The Bertz CT molecular complexity index is 670. The highest BCUT2D eigenvalue weighted by atomic mass is 16.2. The van der Waals surface area contributed by atoms with E-state index in [1.165, 1.54) is 25.1 Å². The van der Waals surface area contributed by atoms with E-state index in [4.69, 9.17) is 0 Å². The molecular formula is C23H33N3O2. The molecule has 0 spiro atoms. The Balaban J connectivity index is 1.18. The monoisotopic (exact) mass is 383 g/mol. The van der Waals surface area contributed by atoms with Crippen LogP contribution in [0.25, 0.3) is 0 Å². The van der Waals surface area contributed by atoms with Crippen molar-refractivity contribution in [1.82, 2.24) is 14.7 Å². The van der Waals surface area contributed by atoms with E-state index in [0.29, 0.717) is 13.0 Å². The Labute approximate surface area is 168 Å². The predicted molar refractivity (Wildman–Crippen MR) is 110 cm³/mol. The van der Waals surface area contributed by atoms with Crippen molar-refractivity contribution in [1.29, 1.82) is 0 Å². The van der Waals surface area contributed by atoms with Crippen LogP contribution < -0.4 is 0 Å². The average molecular weight is 384 g/mol. The second-order valence-electron chi connectivity index (χ2n) is 8.72. The van der Waals surface area contributed by atoms with E-state index >= 15 is 0 Å². The van der Waals surface area contributed by atoms with Crippen molar-refractivity contribution in [3.05, 3.63) is 35.9 Å². The summed E-state index contributed by atoms with van der Waals surface area (Å²) in [5.74, 6) is 1.82. The summed E-state index contributed by atoms with van der Waals surface area (Å²) in [6.07, 6.45) is 6.19. The van der Waals surface area contributed by atoms with Crippen LogP contribution in [-0.4, -0.2) is 72.3 Å². The molecule has 3 heterocycles. The van der Waals surface area contributed by atoms with Crippen LogP contribution in [0.15, 0.2) is 30.3 Å². The molecule has 0 radical (unpaired) electrons. The van der Waals surface area contributed by atoms with Crippen molar-refractivity contribution in [2.24, 2.45) is 11.8 Å². The fraction of sp³-hybridized carbons (Fsp3) is 0.652. The minimum Gasteiger partial charge on any atom is -0.341 e. The lowest BCUT2D eigenvalue weighted by atomic mass is 9.84. The highest BCUT2D eigenvalue weighted by Crippen LogP contribution is 2.32. The van der Waals surface area contributed by atoms with E-state index in [2.05, 4.69) is 35.2 Å². The van der Waals surface area contributed by atoms with Crippen molar-refractivity contribution in [2.45, 2.75) is 38.5 Å². The zero-order valence-corrected chi connectivity index (χ0v) is 16.9. The molecule has 3 saturated heterocycles. The maximum atomic E-state index is 12.5. The smallest absolute Gasteiger partial charge is 0.242 e. The molecule has 1 aromatic carbocycles. The first-order valence-corrected chi connectivity index (χ1v) is 11.0.